The highest BCUT2D eigenvalue weighted by Gasteiger charge is 2.30. The van der Waals surface area contributed by atoms with Crippen molar-refractivity contribution in [3.05, 3.63) is 12.2 Å². The molecular formula is C9H14N2O2. The summed E-state index contributed by atoms with van der Waals surface area (Å²) in [7, 11) is 0. The molecule has 0 radical (unpaired) electrons. The average molecular weight is 182 g/mol. The van der Waals surface area contributed by atoms with E-state index in [0.717, 1.165) is 5.57 Å². The molecule has 1 aliphatic carbocycles. The van der Waals surface area contributed by atoms with Gasteiger partial charge in [0, 0.05) is 5.92 Å². The second kappa shape index (κ2) is 3.60. The fourth-order valence-electron chi connectivity index (χ4n) is 1.72. The predicted octanol–water partition coefficient (Wildman–Crippen LogP) is -0.0705. The third-order valence-electron chi connectivity index (χ3n) is 2.55. The second-order valence-corrected chi connectivity index (χ2v) is 3.49. The minimum Gasteiger partial charge on any atom is -0.369 e. The summed E-state index contributed by atoms with van der Waals surface area (Å²) in [5.74, 6) is -1.10. The van der Waals surface area contributed by atoms with E-state index in [-0.39, 0.29) is 23.7 Å². The largest absolute Gasteiger partial charge is 0.369 e. The Morgan fingerprint density at radius 3 is 2.23 bits per heavy atom. The number of carbonyl (C=O) groups excluding carboxylic acids is 2. The highest BCUT2D eigenvalue weighted by molar-refractivity contribution is 5.82. The first kappa shape index (κ1) is 9.77. The zero-order chi connectivity index (χ0) is 10.0. The Morgan fingerprint density at radius 2 is 1.85 bits per heavy atom. The van der Waals surface area contributed by atoms with Crippen LogP contribution in [0, 0.1) is 11.8 Å². The van der Waals surface area contributed by atoms with Gasteiger partial charge in [-0.1, -0.05) is 12.2 Å². The summed E-state index contributed by atoms with van der Waals surface area (Å²) >= 11 is 0. The lowest BCUT2D eigenvalue weighted by Gasteiger charge is -2.26. The number of rotatable bonds is 2. The van der Waals surface area contributed by atoms with Gasteiger partial charge in [0.15, 0.2) is 0 Å². The summed E-state index contributed by atoms with van der Waals surface area (Å²) < 4.78 is 0. The van der Waals surface area contributed by atoms with Gasteiger partial charge in [-0.15, -0.1) is 0 Å². The van der Waals surface area contributed by atoms with E-state index in [9.17, 15) is 9.59 Å². The van der Waals surface area contributed by atoms with E-state index in [1.54, 1.807) is 0 Å². The van der Waals surface area contributed by atoms with Gasteiger partial charge in [-0.25, -0.2) is 0 Å². The number of hydrogen-bond acceptors (Lipinski definition) is 2. The second-order valence-electron chi connectivity index (χ2n) is 3.49. The summed E-state index contributed by atoms with van der Waals surface area (Å²) in [6, 6.07) is 0. The van der Waals surface area contributed by atoms with Crippen molar-refractivity contribution in [3.63, 3.8) is 0 Å². The van der Waals surface area contributed by atoms with Crippen molar-refractivity contribution in [1.82, 2.24) is 0 Å². The fraction of sp³-hybridized carbons (Fsp3) is 0.556. The fourth-order valence-corrected chi connectivity index (χ4v) is 1.72. The van der Waals surface area contributed by atoms with Crippen LogP contribution >= 0.6 is 0 Å². The lowest BCUT2D eigenvalue weighted by molar-refractivity contribution is -0.125. The molecule has 4 heteroatoms. The van der Waals surface area contributed by atoms with Gasteiger partial charge in [0.25, 0.3) is 0 Å². The average Bonchev–Trinajstić information content (AvgIpc) is 2.03. The molecule has 0 heterocycles. The molecule has 0 aliphatic heterocycles. The summed E-state index contributed by atoms with van der Waals surface area (Å²) in [6.45, 7) is 3.74. The molecule has 0 saturated heterocycles. The molecule has 13 heavy (non-hydrogen) atoms. The maximum Gasteiger partial charge on any atom is 0.224 e. The van der Waals surface area contributed by atoms with Crippen molar-refractivity contribution in [2.75, 3.05) is 0 Å². The van der Waals surface area contributed by atoms with Gasteiger partial charge in [0.2, 0.25) is 11.8 Å². The maximum atomic E-state index is 10.9. The van der Waals surface area contributed by atoms with Crippen molar-refractivity contribution in [3.8, 4) is 0 Å². The zero-order valence-electron chi connectivity index (χ0n) is 7.45. The van der Waals surface area contributed by atoms with E-state index in [0.29, 0.717) is 19.3 Å². The van der Waals surface area contributed by atoms with Crippen LogP contribution in [0.4, 0.5) is 0 Å². The quantitative estimate of drug-likeness (QED) is 0.585. The van der Waals surface area contributed by atoms with Crippen LogP contribution in [-0.4, -0.2) is 11.8 Å². The van der Waals surface area contributed by atoms with E-state index < -0.39 is 0 Å². The van der Waals surface area contributed by atoms with E-state index in [1.807, 2.05) is 0 Å². The van der Waals surface area contributed by atoms with E-state index in [1.165, 1.54) is 0 Å². The molecular weight excluding hydrogens is 168 g/mol. The minimum atomic E-state index is -0.354. The van der Waals surface area contributed by atoms with Crippen LogP contribution in [-0.2, 0) is 9.59 Å². The van der Waals surface area contributed by atoms with Crippen molar-refractivity contribution in [2.24, 2.45) is 23.3 Å². The van der Waals surface area contributed by atoms with Gasteiger partial charge in [-0.05, 0) is 19.3 Å². The molecule has 0 spiro atoms. The Balaban J connectivity index is 2.62. The Bertz CT molecular complexity index is 260. The number of carbonyl (C=O) groups is 2. The summed E-state index contributed by atoms with van der Waals surface area (Å²) in [4.78, 5) is 21.7. The van der Waals surface area contributed by atoms with Gasteiger partial charge >= 0.3 is 0 Å². The number of hydrogen-bond donors (Lipinski definition) is 2. The van der Waals surface area contributed by atoms with E-state index >= 15 is 0 Å². The Morgan fingerprint density at radius 1 is 1.23 bits per heavy atom. The summed E-state index contributed by atoms with van der Waals surface area (Å²) in [5.41, 5.74) is 11.1. The van der Waals surface area contributed by atoms with Crippen LogP contribution < -0.4 is 11.5 Å². The van der Waals surface area contributed by atoms with E-state index in [2.05, 4.69) is 6.58 Å². The lowest BCUT2D eigenvalue weighted by atomic mass is 9.78. The maximum absolute atomic E-state index is 10.9. The number of amides is 2. The third kappa shape index (κ3) is 2.08. The van der Waals surface area contributed by atoms with Gasteiger partial charge in [0.05, 0.1) is 5.92 Å². The normalized spacial score (nSPS) is 28.5. The molecule has 2 unspecified atom stereocenters. The molecule has 0 aromatic heterocycles. The van der Waals surface area contributed by atoms with Gasteiger partial charge < -0.3 is 11.5 Å². The lowest BCUT2D eigenvalue weighted by Crippen LogP contribution is -2.33. The third-order valence-corrected chi connectivity index (χ3v) is 2.55. The van der Waals surface area contributed by atoms with Crippen LogP contribution in [0.25, 0.3) is 0 Å². The first-order valence-electron chi connectivity index (χ1n) is 4.28. The van der Waals surface area contributed by atoms with Gasteiger partial charge in [0.1, 0.15) is 0 Å². The molecule has 1 aliphatic rings. The summed E-state index contributed by atoms with van der Waals surface area (Å²) in [6.07, 6.45) is 1.74. The molecule has 1 rings (SSSR count). The Labute approximate surface area is 77.0 Å². The molecule has 4 nitrogen and oxygen atoms in total. The number of nitrogens with two attached hydrogens (primary N) is 2. The smallest absolute Gasteiger partial charge is 0.224 e. The molecule has 2 atom stereocenters. The topological polar surface area (TPSA) is 86.2 Å². The van der Waals surface area contributed by atoms with Crippen molar-refractivity contribution >= 4 is 11.8 Å². The standard InChI is InChI=1S/C9H14N2O2/c1-5-4-6(8(10)12)2-3-7(5)9(11)13/h6-7H,1-4H2,(H2,10,12)(H2,11,13). The van der Waals surface area contributed by atoms with Crippen molar-refractivity contribution < 1.29 is 9.59 Å². The highest BCUT2D eigenvalue weighted by Crippen LogP contribution is 2.31. The SMILES string of the molecule is C=C1CC(C(N)=O)CCC1C(N)=O. The molecule has 4 N–H and O–H groups in total. The van der Waals surface area contributed by atoms with Crippen LogP contribution in [0.15, 0.2) is 12.2 Å². The zero-order valence-corrected chi connectivity index (χ0v) is 7.45. The molecule has 72 valence electrons. The molecule has 2 amide bonds. The van der Waals surface area contributed by atoms with Crippen LogP contribution in [0.1, 0.15) is 19.3 Å². The van der Waals surface area contributed by atoms with Gasteiger partial charge in [-0.3, -0.25) is 9.59 Å². The minimum absolute atomic E-state index is 0.164. The summed E-state index contributed by atoms with van der Waals surface area (Å²) in [5, 5.41) is 0. The Hall–Kier alpha value is -1.32. The first-order chi connectivity index (χ1) is 6.02. The number of primary amides is 2. The monoisotopic (exact) mass is 182 g/mol. The molecule has 0 aromatic rings. The predicted molar refractivity (Wildman–Crippen MR) is 48.4 cm³/mol. The molecule has 1 fully saturated rings. The Kier molecular flexibility index (Phi) is 2.70. The van der Waals surface area contributed by atoms with Crippen LogP contribution in [0.2, 0.25) is 0 Å². The van der Waals surface area contributed by atoms with Crippen molar-refractivity contribution in [1.29, 1.82) is 0 Å². The molecule has 1 saturated carbocycles. The first-order valence-corrected chi connectivity index (χ1v) is 4.28. The molecule has 0 aromatic carbocycles. The van der Waals surface area contributed by atoms with E-state index in [4.69, 9.17) is 11.5 Å². The molecule has 0 bridgehead atoms. The van der Waals surface area contributed by atoms with Crippen LogP contribution in [0.3, 0.4) is 0 Å². The highest BCUT2D eigenvalue weighted by atomic mass is 16.1. The van der Waals surface area contributed by atoms with Crippen molar-refractivity contribution in [2.45, 2.75) is 19.3 Å². The van der Waals surface area contributed by atoms with Gasteiger partial charge in [-0.2, -0.15) is 0 Å². The van der Waals surface area contributed by atoms with Crippen LogP contribution in [0.5, 0.6) is 0 Å².